The second-order valence-electron chi connectivity index (χ2n) is 3.57. The molecule has 0 unspecified atom stereocenters. The molecule has 2 aromatic rings. The lowest BCUT2D eigenvalue weighted by Crippen LogP contribution is -2.06. The number of anilines is 1. The highest BCUT2D eigenvalue weighted by Crippen LogP contribution is 2.26. The van der Waals surface area contributed by atoms with Crippen molar-refractivity contribution in [2.75, 3.05) is 5.73 Å². The van der Waals surface area contributed by atoms with Gasteiger partial charge >= 0.3 is 0 Å². The second-order valence-corrected chi connectivity index (χ2v) is 3.57. The van der Waals surface area contributed by atoms with Crippen LogP contribution < -0.4 is 5.73 Å². The monoisotopic (exact) mass is 241 g/mol. The van der Waals surface area contributed by atoms with Crippen LogP contribution in [0.25, 0.3) is 11.1 Å². The summed E-state index contributed by atoms with van der Waals surface area (Å²) in [4.78, 5) is 0. The number of rotatable bonds is 3. The zero-order chi connectivity index (χ0) is 12.4. The number of halogens is 3. The molecular formula is C11H10F3N3. The molecule has 0 radical (unpaired) electrons. The molecule has 0 amide bonds. The fourth-order valence-electron chi connectivity index (χ4n) is 1.52. The normalized spacial score (nSPS) is 11.1. The van der Waals surface area contributed by atoms with Gasteiger partial charge in [-0.2, -0.15) is 5.10 Å². The van der Waals surface area contributed by atoms with E-state index in [1.54, 1.807) is 0 Å². The first kappa shape index (κ1) is 11.5. The molecule has 0 fully saturated rings. The first-order valence-electron chi connectivity index (χ1n) is 4.92. The standard InChI is InChI=1S/C11H10F3N3/c12-8-1-2-10(15)9(3-8)7-4-16-17(5-7)6-11(13)14/h1-5,11H,6,15H2. The number of nitrogens with two attached hydrogens (primary N) is 1. The molecule has 3 nitrogen and oxygen atoms in total. The SMILES string of the molecule is Nc1ccc(F)cc1-c1cnn(CC(F)F)c1. The van der Waals surface area contributed by atoms with Crippen LogP contribution in [0.1, 0.15) is 0 Å². The van der Waals surface area contributed by atoms with E-state index in [1.807, 2.05) is 0 Å². The molecule has 17 heavy (non-hydrogen) atoms. The molecule has 0 bridgehead atoms. The van der Waals surface area contributed by atoms with Gasteiger partial charge < -0.3 is 5.73 Å². The smallest absolute Gasteiger partial charge is 0.257 e. The Morgan fingerprint density at radius 3 is 2.82 bits per heavy atom. The van der Waals surface area contributed by atoms with Crippen molar-refractivity contribution < 1.29 is 13.2 Å². The lowest BCUT2D eigenvalue weighted by Gasteiger charge is -2.02. The molecule has 0 aliphatic rings. The summed E-state index contributed by atoms with van der Waals surface area (Å²) in [6.07, 6.45) is 0.317. The minimum atomic E-state index is -2.48. The van der Waals surface area contributed by atoms with Gasteiger partial charge in [-0.05, 0) is 18.2 Å². The van der Waals surface area contributed by atoms with E-state index in [2.05, 4.69) is 5.10 Å². The van der Waals surface area contributed by atoms with Gasteiger partial charge in [-0.3, -0.25) is 4.68 Å². The predicted octanol–water partition coefficient (Wildman–Crippen LogP) is 2.54. The molecule has 6 heteroatoms. The quantitative estimate of drug-likeness (QED) is 0.839. The Bertz CT molecular complexity index is 522. The number of alkyl halides is 2. The largest absolute Gasteiger partial charge is 0.398 e. The maximum absolute atomic E-state index is 13.0. The van der Waals surface area contributed by atoms with Crippen LogP contribution in [0.4, 0.5) is 18.9 Å². The highest BCUT2D eigenvalue weighted by molar-refractivity contribution is 5.75. The lowest BCUT2D eigenvalue weighted by molar-refractivity contribution is 0.122. The Balaban J connectivity index is 2.33. The molecule has 2 N–H and O–H groups in total. The van der Waals surface area contributed by atoms with Crippen LogP contribution >= 0.6 is 0 Å². The van der Waals surface area contributed by atoms with Crippen molar-refractivity contribution in [2.45, 2.75) is 13.0 Å². The van der Waals surface area contributed by atoms with E-state index in [0.717, 1.165) is 4.68 Å². The van der Waals surface area contributed by atoms with Gasteiger partial charge in [0.1, 0.15) is 12.4 Å². The van der Waals surface area contributed by atoms with Crippen LogP contribution in [0.3, 0.4) is 0 Å². The Hall–Kier alpha value is -1.98. The molecule has 0 saturated carbocycles. The summed E-state index contributed by atoms with van der Waals surface area (Å²) in [5, 5.41) is 3.76. The van der Waals surface area contributed by atoms with Crippen LogP contribution in [-0.2, 0) is 6.54 Å². The summed E-state index contributed by atoms with van der Waals surface area (Å²) in [5.74, 6) is -0.434. The number of hydrogen-bond donors (Lipinski definition) is 1. The van der Waals surface area contributed by atoms with E-state index >= 15 is 0 Å². The number of aromatic nitrogens is 2. The zero-order valence-electron chi connectivity index (χ0n) is 8.78. The Morgan fingerprint density at radius 2 is 2.12 bits per heavy atom. The molecule has 0 atom stereocenters. The zero-order valence-corrected chi connectivity index (χ0v) is 8.78. The van der Waals surface area contributed by atoms with E-state index in [-0.39, 0.29) is 0 Å². The predicted molar refractivity (Wildman–Crippen MR) is 58.0 cm³/mol. The molecule has 0 aliphatic heterocycles. The topological polar surface area (TPSA) is 43.8 Å². The lowest BCUT2D eigenvalue weighted by atomic mass is 10.1. The van der Waals surface area contributed by atoms with Gasteiger partial charge in [-0.15, -0.1) is 0 Å². The van der Waals surface area contributed by atoms with Gasteiger partial charge in [-0.1, -0.05) is 0 Å². The average Bonchev–Trinajstić information content (AvgIpc) is 2.69. The maximum Gasteiger partial charge on any atom is 0.257 e. The van der Waals surface area contributed by atoms with Gasteiger partial charge in [0.2, 0.25) is 0 Å². The molecule has 1 heterocycles. The summed E-state index contributed by atoms with van der Waals surface area (Å²) in [7, 11) is 0. The van der Waals surface area contributed by atoms with Gasteiger partial charge in [-0.25, -0.2) is 13.2 Å². The minimum absolute atomic E-state index is 0.378. The van der Waals surface area contributed by atoms with Crippen LogP contribution in [0.2, 0.25) is 0 Å². The van der Waals surface area contributed by atoms with Crippen molar-refractivity contribution in [3.8, 4) is 11.1 Å². The van der Waals surface area contributed by atoms with Crippen LogP contribution in [0.5, 0.6) is 0 Å². The third-order valence-corrected chi connectivity index (χ3v) is 2.28. The van der Waals surface area contributed by atoms with E-state index in [4.69, 9.17) is 5.73 Å². The van der Waals surface area contributed by atoms with Crippen molar-refractivity contribution >= 4 is 5.69 Å². The highest BCUT2D eigenvalue weighted by Gasteiger charge is 2.09. The maximum atomic E-state index is 13.0. The Morgan fingerprint density at radius 1 is 1.35 bits per heavy atom. The van der Waals surface area contributed by atoms with Gasteiger partial charge in [0.25, 0.3) is 6.43 Å². The van der Waals surface area contributed by atoms with Crippen molar-refractivity contribution in [2.24, 2.45) is 0 Å². The third-order valence-electron chi connectivity index (χ3n) is 2.28. The van der Waals surface area contributed by atoms with Crippen LogP contribution in [0, 0.1) is 5.82 Å². The number of benzene rings is 1. The van der Waals surface area contributed by atoms with Crippen molar-refractivity contribution in [3.63, 3.8) is 0 Å². The van der Waals surface area contributed by atoms with Gasteiger partial charge in [0.05, 0.1) is 6.20 Å². The summed E-state index contributed by atoms with van der Waals surface area (Å²) < 4.78 is 38.4. The van der Waals surface area contributed by atoms with Crippen LogP contribution in [-0.4, -0.2) is 16.2 Å². The first-order valence-corrected chi connectivity index (χ1v) is 4.92. The molecule has 1 aromatic carbocycles. The van der Waals surface area contributed by atoms with E-state index in [1.165, 1.54) is 30.6 Å². The molecular weight excluding hydrogens is 231 g/mol. The molecule has 2 rings (SSSR count). The summed E-state index contributed by atoms with van der Waals surface area (Å²) in [6.45, 7) is -0.491. The van der Waals surface area contributed by atoms with Crippen molar-refractivity contribution in [3.05, 3.63) is 36.4 Å². The Labute approximate surface area is 95.7 Å². The Kier molecular flexibility index (Phi) is 3.03. The molecule has 0 saturated heterocycles. The third kappa shape index (κ3) is 2.58. The molecule has 1 aromatic heterocycles. The summed E-state index contributed by atoms with van der Waals surface area (Å²) in [5.41, 5.74) is 7.02. The van der Waals surface area contributed by atoms with E-state index in [9.17, 15) is 13.2 Å². The molecule has 0 spiro atoms. The first-order chi connectivity index (χ1) is 8.06. The van der Waals surface area contributed by atoms with Gasteiger partial charge in [0, 0.05) is 23.0 Å². The summed E-state index contributed by atoms with van der Waals surface area (Å²) >= 11 is 0. The number of nitrogens with zero attached hydrogens (tertiary/aromatic N) is 2. The van der Waals surface area contributed by atoms with E-state index < -0.39 is 18.8 Å². The van der Waals surface area contributed by atoms with Gasteiger partial charge in [0.15, 0.2) is 0 Å². The fraction of sp³-hybridized carbons (Fsp3) is 0.182. The second kappa shape index (κ2) is 4.48. The number of hydrogen-bond acceptors (Lipinski definition) is 2. The summed E-state index contributed by atoms with van der Waals surface area (Å²) in [6, 6.07) is 3.91. The van der Waals surface area contributed by atoms with Crippen LogP contribution in [0.15, 0.2) is 30.6 Å². The molecule has 90 valence electrons. The number of nitrogen functional groups attached to an aromatic ring is 1. The fourth-order valence-corrected chi connectivity index (χ4v) is 1.52. The highest BCUT2D eigenvalue weighted by atomic mass is 19.3. The van der Waals surface area contributed by atoms with Crippen molar-refractivity contribution in [1.29, 1.82) is 0 Å². The molecule has 0 aliphatic carbocycles. The van der Waals surface area contributed by atoms with Crippen molar-refractivity contribution in [1.82, 2.24) is 9.78 Å². The van der Waals surface area contributed by atoms with E-state index in [0.29, 0.717) is 16.8 Å². The average molecular weight is 241 g/mol. The minimum Gasteiger partial charge on any atom is -0.398 e.